The first-order valence-electron chi connectivity index (χ1n) is 7.03. The van der Waals surface area contributed by atoms with E-state index in [4.69, 9.17) is 0 Å². The standard InChI is InChI=1S/C17H21NO2/c1-3-16(13-9-11-18-12-10-13)17(20,4-2)14-5-7-15(19)8-6-14/h5-12,16,19-20H,3-4H2,1-2H3/t16-,17+/m1/s1. The minimum absolute atomic E-state index is 0.0000397. The molecule has 1 aromatic carbocycles. The first kappa shape index (κ1) is 14.5. The molecule has 3 nitrogen and oxygen atoms in total. The van der Waals surface area contributed by atoms with Gasteiger partial charge < -0.3 is 10.2 Å². The van der Waals surface area contributed by atoms with Gasteiger partial charge in [-0.3, -0.25) is 4.98 Å². The molecule has 0 saturated heterocycles. The number of nitrogens with zero attached hydrogens (tertiary/aromatic N) is 1. The van der Waals surface area contributed by atoms with Crippen LogP contribution in [0.1, 0.15) is 43.7 Å². The lowest BCUT2D eigenvalue weighted by molar-refractivity contribution is 0.00143. The highest BCUT2D eigenvalue weighted by atomic mass is 16.3. The number of aromatic hydroxyl groups is 1. The van der Waals surface area contributed by atoms with Gasteiger partial charge >= 0.3 is 0 Å². The van der Waals surface area contributed by atoms with E-state index in [-0.39, 0.29) is 11.7 Å². The van der Waals surface area contributed by atoms with E-state index in [0.29, 0.717) is 6.42 Å². The maximum Gasteiger partial charge on any atom is 0.115 e. The van der Waals surface area contributed by atoms with Crippen molar-refractivity contribution in [2.45, 2.75) is 38.2 Å². The highest BCUT2D eigenvalue weighted by molar-refractivity contribution is 5.34. The number of hydrogen-bond donors (Lipinski definition) is 2. The summed E-state index contributed by atoms with van der Waals surface area (Å²) in [6, 6.07) is 10.7. The fraction of sp³-hybridized carbons (Fsp3) is 0.353. The molecule has 2 atom stereocenters. The molecule has 0 aliphatic carbocycles. The van der Waals surface area contributed by atoms with Crippen molar-refractivity contribution in [2.75, 3.05) is 0 Å². The highest BCUT2D eigenvalue weighted by Gasteiger charge is 2.36. The Morgan fingerprint density at radius 1 is 1.05 bits per heavy atom. The van der Waals surface area contributed by atoms with Gasteiger partial charge in [0.2, 0.25) is 0 Å². The van der Waals surface area contributed by atoms with Crippen molar-refractivity contribution in [3.63, 3.8) is 0 Å². The molecule has 0 bridgehead atoms. The maximum atomic E-state index is 11.2. The number of aromatic nitrogens is 1. The molecule has 0 spiro atoms. The fourth-order valence-electron chi connectivity index (χ4n) is 2.85. The van der Waals surface area contributed by atoms with Crippen LogP contribution in [0.5, 0.6) is 5.75 Å². The van der Waals surface area contributed by atoms with E-state index >= 15 is 0 Å². The van der Waals surface area contributed by atoms with Crippen molar-refractivity contribution in [3.8, 4) is 5.75 Å². The number of pyridine rings is 1. The van der Waals surface area contributed by atoms with Gasteiger partial charge in [-0.1, -0.05) is 26.0 Å². The van der Waals surface area contributed by atoms with Crippen LogP contribution in [0.2, 0.25) is 0 Å². The minimum Gasteiger partial charge on any atom is -0.508 e. The molecule has 1 heterocycles. The second kappa shape index (κ2) is 6.06. The van der Waals surface area contributed by atoms with Crippen LogP contribution >= 0.6 is 0 Å². The molecule has 106 valence electrons. The van der Waals surface area contributed by atoms with Crippen molar-refractivity contribution >= 4 is 0 Å². The Labute approximate surface area is 119 Å². The fourth-order valence-corrected chi connectivity index (χ4v) is 2.85. The summed E-state index contributed by atoms with van der Waals surface area (Å²) in [5.74, 6) is 0.212. The number of phenols is 1. The van der Waals surface area contributed by atoms with E-state index in [9.17, 15) is 10.2 Å². The highest BCUT2D eigenvalue weighted by Crippen LogP contribution is 2.41. The number of aliphatic hydroxyl groups is 1. The first-order chi connectivity index (χ1) is 9.61. The molecule has 0 aliphatic rings. The van der Waals surface area contributed by atoms with Gasteiger partial charge in [-0.05, 0) is 48.2 Å². The van der Waals surface area contributed by atoms with E-state index in [1.54, 1.807) is 36.7 Å². The third-order valence-corrected chi connectivity index (χ3v) is 4.00. The Hall–Kier alpha value is -1.87. The lowest BCUT2D eigenvalue weighted by atomic mass is 9.74. The molecule has 0 saturated carbocycles. The summed E-state index contributed by atoms with van der Waals surface area (Å²) in [6.07, 6.45) is 4.95. The molecule has 20 heavy (non-hydrogen) atoms. The van der Waals surface area contributed by atoms with Crippen LogP contribution in [-0.2, 0) is 5.60 Å². The summed E-state index contributed by atoms with van der Waals surface area (Å²) in [4.78, 5) is 4.04. The third kappa shape index (κ3) is 2.68. The van der Waals surface area contributed by atoms with Gasteiger partial charge in [0, 0.05) is 18.3 Å². The van der Waals surface area contributed by atoms with E-state index in [2.05, 4.69) is 11.9 Å². The van der Waals surface area contributed by atoms with Crippen LogP contribution in [0.25, 0.3) is 0 Å². The average Bonchev–Trinajstić information content (AvgIpc) is 2.49. The van der Waals surface area contributed by atoms with E-state index in [0.717, 1.165) is 17.5 Å². The Morgan fingerprint density at radius 3 is 2.15 bits per heavy atom. The molecule has 0 aliphatic heterocycles. The van der Waals surface area contributed by atoms with Crippen molar-refractivity contribution in [3.05, 3.63) is 59.9 Å². The maximum absolute atomic E-state index is 11.2. The van der Waals surface area contributed by atoms with Gasteiger partial charge in [-0.15, -0.1) is 0 Å². The van der Waals surface area contributed by atoms with Crippen LogP contribution in [0.3, 0.4) is 0 Å². The monoisotopic (exact) mass is 271 g/mol. The summed E-state index contributed by atoms with van der Waals surface area (Å²) in [5.41, 5.74) is 0.977. The quantitative estimate of drug-likeness (QED) is 0.874. The Kier molecular flexibility index (Phi) is 4.40. The molecule has 0 radical (unpaired) electrons. The predicted octanol–water partition coefficient (Wildman–Crippen LogP) is 3.58. The molecule has 0 amide bonds. The van der Waals surface area contributed by atoms with Gasteiger partial charge in [0.15, 0.2) is 0 Å². The second-order valence-corrected chi connectivity index (χ2v) is 5.07. The number of hydrogen-bond acceptors (Lipinski definition) is 3. The first-order valence-corrected chi connectivity index (χ1v) is 7.03. The molecule has 2 aromatic rings. The van der Waals surface area contributed by atoms with Crippen LogP contribution in [-0.4, -0.2) is 15.2 Å². The zero-order valence-corrected chi connectivity index (χ0v) is 12.0. The largest absolute Gasteiger partial charge is 0.508 e. The Morgan fingerprint density at radius 2 is 1.65 bits per heavy atom. The van der Waals surface area contributed by atoms with Crippen LogP contribution in [0.4, 0.5) is 0 Å². The molecule has 1 aromatic heterocycles. The van der Waals surface area contributed by atoms with Crippen LogP contribution < -0.4 is 0 Å². The predicted molar refractivity (Wildman–Crippen MR) is 79.6 cm³/mol. The molecule has 3 heteroatoms. The minimum atomic E-state index is -0.941. The Bertz CT molecular complexity index is 539. The molecule has 2 rings (SSSR count). The zero-order chi connectivity index (χ0) is 14.6. The van der Waals surface area contributed by atoms with Crippen LogP contribution in [0, 0.1) is 0 Å². The van der Waals surface area contributed by atoms with E-state index in [1.165, 1.54) is 0 Å². The summed E-state index contributed by atoms with van der Waals surface area (Å²) >= 11 is 0. The third-order valence-electron chi connectivity index (χ3n) is 4.00. The zero-order valence-electron chi connectivity index (χ0n) is 12.0. The molecule has 0 fully saturated rings. The lowest BCUT2D eigenvalue weighted by Gasteiger charge is -2.36. The van der Waals surface area contributed by atoms with Crippen molar-refractivity contribution in [1.82, 2.24) is 4.98 Å². The normalized spacial score (nSPS) is 15.6. The van der Waals surface area contributed by atoms with Gasteiger partial charge in [-0.25, -0.2) is 0 Å². The average molecular weight is 271 g/mol. The van der Waals surface area contributed by atoms with Crippen molar-refractivity contribution in [2.24, 2.45) is 0 Å². The van der Waals surface area contributed by atoms with Gasteiger partial charge in [0.25, 0.3) is 0 Å². The Balaban J connectivity index is 2.45. The molecular weight excluding hydrogens is 250 g/mol. The van der Waals surface area contributed by atoms with Gasteiger partial charge in [-0.2, -0.15) is 0 Å². The summed E-state index contributed by atoms with van der Waals surface area (Å²) in [5, 5.41) is 20.6. The smallest absolute Gasteiger partial charge is 0.115 e. The van der Waals surface area contributed by atoms with Gasteiger partial charge in [0.05, 0.1) is 5.60 Å². The topological polar surface area (TPSA) is 53.4 Å². The number of rotatable bonds is 5. The van der Waals surface area contributed by atoms with Gasteiger partial charge in [0.1, 0.15) is 5.75 Å². The molecular formula is C17H21NO2. The summed E-state index contributed by atoms with van der Waals surface area (Å²) < 4.78 is 0. The number of phenolic OH excluding ortho intramolecular Hbond substituents is 1. The summed E-state index contributed by atoms with van der Waals surface area (Å²) in [7, 11) is 0. The SMILES string of the molecule is CC[C@H](c1ccncc1)[C@](O)(CC)c1ccc(O)cc1. The lowest BCUT2D eigenvalue weighted by Crippen LogP contribution is -2.32. The molecule has 0 unspecified atom stereocenters. The number of benzene rings is 1. The molecule has 2 N–H and O–H groups in total. The van der Waals surface area contributed by atoms with Crippen LogP contribution in [0.15, 0.2) is 48.8 Å². The second-order valence-electron chi connectivity index (χ2n) is 5.07. The van der Waals surface area contributed by atoms with E-state index < -0.39 is 5.60 Å². The summed E-state index contributed by atoms with van der Waals surface area (Å²) in [6.45, 7) is 4.06. The van der Waals surface area contributed by atoms with Crippen molar-refractivity contribution in [1.29, 1.82) is 0 Å². The van der Waals surface area contributed by atoms with Crippen molar-refractivity contribution < 1.29 is 10.2 Å². The van der Waals surface area contributed by atoms with E-state index in [1.807, 2.05) is 19.1 Å².